The fourth-order valence-corrected chi connectivity index (χ4v) is 2.90. The number of anilines is 1. The van der Waals surface area contributed by atoms with E-state index in [1.807, 2.05) is 6.07 Å². The quantitative estimate of drug-likeness (QED) is 0.360. The van der Waals surface area contributed by atoms with Gasteiger partial charge in [0.1, 0.15) is 11.6 Å². The summed E-state index contributed by atoms with van der Waals surface area (Å²) in [5, 5.41) is 23.0. The van der Waals surface area contributed by atoms with Gasteiger partial charge < -0.3 is 15.2 Å². The summed E-state index contributed by atoms with van der Waals surface area (Å²) in [6.07, 6.45) is 3.45. The number of carbonyl (C=O) groups excluding carboxylic acids is 1. The minimum Gasteiger partial charge on any atom is -0.504 e. The van der Waals surface area contributed by atoms with E-state index in [9.17, 15) is 15.2 Å². The number of carbonyl (C=O) groups is 1. The third-order valence-corrected chi connectivity index (χ3v) is 4.24. The van der Waals surface area contributed by atoms with Gasteiger partial charge >= 0.3 is 0 Å². The number of hydrogen-bond donors (Lipinski definition) is 2. The van der Waals surface area contributed by atoms with Gasteiger partial charge in [0.25, 0.3) is 5.91 Å². The Morgan fingerprint density at radius 3 is 2.71 bits per heavy atom. The lowest BCUT2D eigenvalue weighted by molar-refractivity contribution is -0.112. The average molecular weight is 417 g/mol. The molecule has 0 atom stereocenters. The van der Waals surface area contributed by atoms with Crippen LogP contribution in [0.15, 0.2) is 48.6 Å². The van der Waals surface area contributed by atoms with E-state index in [1.165, 1.54) is 12.1 Å². The molecule has 0 heterocycles. The van der Waals surface area contributed by atoms with Crippen LogP contribution in [0, 0.1) is 11.3 Å². The molecule has 2 rings (SSSR count). The molecule has 28 heavy (non-hydrogen) atoms. The Kier molecular flexibility index (Phi) is 7.51. The van der Waals surface area contributed by atoms with Gasteiger partial charge in [-0.2, -0.15) is 5.26 Å². The van der Waals surface area contributed by atoms with Crippen molar-refractivity contribution in [2.24, 2.45) is 0 Å². The van der Waals surface area contributed by atoms with Gasteiger partial charge in [0.05, 0.1) is 17.3 Å². The number of benzene rings is 2. The van der Waals surface area contributed by atoms with Gasteiger partial charge in [0.15, 0.2) is 11.5 Å². The predicted octanol–water partition coefficient (Wildman–Crippen LogP) is 5.37. The molecule has 0 aliphatic heterocycles. The number of phenolic OH excluding ortho intramolecular Hbond substituents is 1. The second-order valence-electron chi connectivity index (χ2n) is 5.70. The topological polar surface area (TPSA) is 82.4 Å². The van der Waals surface area contributed by atoms with Crippen LogP contribution in [0.3, 0.4) is 0 Å². The average Bonchev–Trinajstić information content (AvgIpc) is 2.65. The Morgan fingerprint density at radius 1 is 1.36 bits per heavy atom. The summed E-state index contributed by atoms with van der Waals surface area (Å²) in [4.78, 5) is 12.5. The van der Waals surface area contributed by atoms with Crippen LogP contribution in [0.5, 0.6) is 11.5 Å². The molecule has 0 spiro atoms. The maximum absolute atomic E-state index is 12.5. The largest absolute Gasteiger partial charge is 0.504 e. The Morgan fingerprint density at radius 2 is 2.11 bits per heavy atom. The number of allylic oxidation sites excluding steroid dienone is 1. The summed E-state index contributed by atoms with van der Waals surface area (Å²) in [6.45, 7) is 5.81. The molecule has 0 aliphatic carbocycles. The van der Waals surface area contributed by atoms with Gasteiger partial charge in [0, 0.05) is 10.6 Å². The lowest BCUT2D eigenvalue weighted by Crippen LogP contribution is -2.13. The van der Waals surface area contributed by atoms with Crippen LogP contribution in [-0.2, 0) is 11.2 Å². The maximum atomic E-state index is 12.5. The molecule has 0 aromatic heterocycles. The highest BCUT2D eigenvalue weighted by Gasteiger charge is 2.14. The SMILES string of the molecule is C=CCc1cc(/C=C(/C#N)C(=O)Nc2ccc(Cl)cc2Cl)cc(OCC)c1O. The van der Waals surface area contributed by atoms with E-state index in [-0.39, 0.29) is 22.1 Å². The van der Waals surface area contributed by atoms with Crippen LogP contribution in [0.1, 0.15) is 18.1 Å². The summed E-state index contributed by atoms with van der Waals surface area (Å²) in [5.74, 6) is -0.343. The van der Waals surface area contributed by atoms with Crippen molar-refractivity contribution in [2.45, 2.75) is 13.3 Å². The monoisotopic (exact) mass is 416 g/mol. The van der Waals surface area contributed by atoms with Gasteiger partial charge in [-0.05, 0) is 55.3 Å². The van der Waals surface area contributed by atoms with E-state index in [0.717, 1.165) is 0 Å². The van der Waals surface area contributed by atoms with Gasteiger partial charge in [-0.25, -0.2) is 0 Å². The highest BCUT2D eigenvalue weighted by molar-refractivity contribution is 6.36. The van der Waals surface area contributed by atoms with E-state index in [1.54, 1.807) is 37.3 Å². The number of amides is 1. The molecule has 144 valence electrons. The van der Waals surface area contributed by atoms with Crippen LogP contribution in [0.25, 0.3) is 6.08 Å². The third kappa shape index (κ3) is 5.29. The van der Waals surface area contributed by atoms with E-state index in [0.29, 0.717) is 34.9 Å². The molecule has 5 nitrogen and oxygen atoms in total. The van der Waals surface area contributed by atoms with Gasteiger partial charge in [-0.3, -0.25) is 4.79 Å². The molecule has 0 saturated carbocycles. The minimum atomic E-state index is -0.622. The van der Waals surface area contributed by atoms with Crippen molar-refractivity contribution < 1.29 is 14.6 Å². The fourth-order valence-electron chi connectivity index (χ4n) is 2.44. The Labute approximate surface area is 173 Å². The van der Waals surface area contributed by atoms with Crippen molar-refractivity contribution in [1.29, 1.82) is 5.26 Å². The summed E-state index contributed by atoms with van der Waals surface area (Å²) in [7, 11) is 0. The van der Waals surface area contributed by atoms with Crippen LogP contribution in [0.4, 0.5) is 5.69 Å². The van der Waals surface area contributed by atoms with E-state index in [4.69, 9.17) is 27.9 Å². The van der Waals surface area contributed by atoms with Gasteiger partial charge in [-0.1, -0.05) is 29.3 Å². The summed E-state index contributed by atoms with van der Waals surface area (Å²) in [6, 6.07) is 9.72. The lowest BCUT2D eigenvalue weighted by atomic mass is 10.0. The van der Waals surface area contributed by atoms with E-state index in [2.05, 4.69) is 11.9 Å². The fraction of sp³-hybridized carbons (Fsp3) is 0.143. The molecule has 0 radical (unpaired) electrons. The summed E-state index contributed by atoms with van der Waals surface area (Å²) in [5.41, 5.74) is 1.31. The van der Waals surface area contributed by atoms with Crippen molar-refractivity contribution in [3.05, 3.63) is 69.7 Å². The van der Waals surface area contributed by atoms with E-state index < -0.39 is 5.91 Å². The van der Waals surface area contributed by atoms with Crippen molar-refractivity contribution in [1.82, 2.24) is 0 Å². The molecule has 0 bridgehead atoms. The number of phenols is 1. The first-order chi connectivity index (χ1) is 13.4. The molecule has 2 N–H and O–H groups in total. The molecule has 0 saturated heterocycles. The smallest absolute Gasteiger partial charge is 0.266 e. The Hall–Kier alpha value is -2.94. The standard InChI is InChI=1S/C21H18Cl2N2O3/c1-3-5-14-8-13(10-19(20(14)26)28-4-2)9-15(12-24)21(27)25-18-7-6-16(22)11-17(18)23/h3,6-11,26H,1,4-5H2,2H3,(H,25,27)/b15-9-. The number of aromatic hydroxyl groups is 1. The molecule has 2 aromatic carbocycles. The second kappa shape index (κ2) is 9.84. The summed E-state index contributed by atoms with van der Waals surface area (Å²) < 4.78 is 5.44. The van der Waals surface area contributed by atoms with Crippen molar-refractivity contribution in [3.8, 4) is 17.6 Å². The molecule has 2 aromatic rings. The zero-order chi connectivity index (χ0) is 20.7. The van der Waals surface area contributed by atoms with Crippen LogP contribution >= 0.6 is 23.2 Å². The zero-order valence-corrected chi connectivity index (χ0v) is 16.6. The summed E-state index contributed by atoms with van der Waals surface area (Å²) >= 11 is 11.9. The van der Waals surface area contributed by atoms with Crippen LogP contribution in [0.2, 0.25) is 10.0 Å². The first-order valence-corrected chi connectivity index (χ1v) is 9.13. The predicted molar refractivity (Wildman–Crippen MR) is 112 cm³/mol. The van der Waals surface area contributed by atoms with Crippen molar-refractivity contribution in [2.75, 3.05) is 11.9 Å². The molecule has 7 heteroatoms. The zero-order valence-electron chi connectivity index (χ0n) is 15.1. The van der Waals surface area contributed by atoms with Gasteiger partial charge in [-0.15, -0.1) is 6.58 Å². The number of nitriles is 1. The minimum absolute atomic E-state index is 0.00908. The molecule has 1 amide bonds. The Bertz CT molecular complexity index is 978. The molecular weight excluding hydrogens is 399 g/mol. The molecular formula is C21H18Cl2N2O3. The van der Waals surface area contributed by atoms with Crippen molar-refractivity contribution in [3.63, 3.8) is 0 Å². The second-order valence-corrected chi connectivity index (χ2v) is 6.54. The molecule has 0 unspecified atom stereocenters. The number of rotatable bonds is 7. The Balaban J connectivity index is 2.38. The molecule has 0 aliphatic rings. The van der Waals surface area contributed by atoms with Gasteiger partial charge in [0.2, 0.25) is 0 Å². The van der Waals surface area contributed by atoms with Crippen molar-refractivity contribution >= 4 is 40.9 Å². The number of nitrogens with one attached hydrogen (secondary N) is 1. The third-order valence-electron chi connectivity index (χ3n) is 3.70. The molecule has 0 fully saturated rings. The highest BCUT2D eigenvalue weighted by Crippen LogP contribution is 2.33. The first-order valence-electron chi connectivity index (χ1n) is 8.37. The maximum Gasteiger partial charge on any atom is 0.266 e. The first kappa shape index (κ1) is 21.4. The number of halogens is 2. The van der Waals surface area contributed by atoms with E-state index >= 15 is 0 Å². The normalized spacial score (nSPS) is 10.9. The highest BCUT2D eigenvalue weighted by atomic mass is 35.5. The van der Waals surface area contributed by atoms with Crippen LogP contribution < -0.4 is 10.1 Å². The lowest BCUT2D eigenvalue weighted by Gasteiger charge is -2.11. The van der Waals surface area contributed by atoms with Crippen LogP contribution in [-0.4, -0.2) is 17.6 Å². The number of ether oxygens (including phenoxy) is 1. The number of nitrogens with zero attached hydrogens (tertiary/aromatic N) is 1. The number of hydrogen-bond acceptors (Lipinski definition) is 4.